The van der Waals surface area contributed by atoms with Crippen LogP contribution in [-0.2, 0) is 33.5 Å². The zero-order chi connectivity index (χ0) is 48.5. The van der Waals surface area contributed by atoms with Gasteiger partial charge >= 0.3 is 11.9 Å². The molecule has 5 atom stereocenters. The van der Waals surface area contributed by atoms with Gasteiger partial charge in [-0.2, -0.15) is 0 Å². The van der Waals surface area contributed by atoms with Gasteiger partial charge in [-0.15, -0.1) is 0 Å². The number of allylic oxidation sites excluding steroid dienone is 1. The van der Waals surface area contributed by atoms with Crippen LogP contribution in [0.25, 0.3) is 0 Å². The number of rotatable bonds is 19. The fraction of sp³-hybridized carbons (Fsp3) is 0.488. The molecular formula is C43H51F4N5O13. The third-order valence-corrected chi connectivity index (χ3v) is 10.4. The average molecular weight is 922 g/mol. The zero-order valence-corrected chi connectivity index (χ0v) is 36.4. The second kappa shape index (κ2) is 21.9. The second-order valence-electron chi connectivity index (χ2n) is 16.2. The predicted molar refractivity (Wildman–Crippen MR) is 219 cm³/mol. The number of carboxylic acids is 2. The maximum Gasteiger partial charge on any atom is 0.339 e. The summed E-state index contributed by atoms with van der Waals surface area (Å²) < 4.78 is 74.8. The number of carbonyl (C=O) groups is 8. The highest BCUT2D eigenvalue weighted by atomic mass is 19.2. The maximum atomic E-state index is 15.1. The Morgan fingerprint density at radius 1 is 0.862 bits per heavy atom. The van der Waals surface area contributed by atoms with Crippen molar-refractivity contribution in [1.82, 2.24) is 26.2 Å². The van der Waals surface area contributed by atoms with Gasteiger partial charge in [0.05, 0.1) is 44.1 Å². The van der Waals surface area contributed by atoms with Crippen LogP contribution in [0, 0.1) is 23.3 Å². The van der Waals surface area contributed by atoms with E-state index in [4.69, 9.17) is 14.2 Å². The number of methoxy groups -OCH3 is 2. The van der Waals surface area contributed by atoms with Crippen LogP contribution in [-0.4, -0.2) is 120 Å². The lowest BCUT2D eigenvalue weighted by Gasteiger charge is -2.31. The number of carbonyl (C=O) groups excluding carboxylic acids is 6. The van der Waals surface area contributed by atoms with Gasteiger partial charge in [0.25, 0.3) is 11.8 Å². The highest BCUT2D eigenvalue weighted by Gasteiger charge is 2.46. The first-order valence-corrected chi connectivity index (χ1v) is 20.5. The third kappa shape index (κ3) is 12.2. The molecule has 5 amide bonds. The molecule has 1 saturated heterocycles. The van der Waals surface area contributed by atoms with Crippen LogP contribution in [0.15, 0.2) is 29.8 Å². The van der Waals surface area contributed by atoms with Gasteiger partial charge in [-0.05, 0) is 64.5 Å². The number of ether oxygens (including phenoxy) is 3. The van der Waals surface area contributed by atoms with Crippen LogP contribution in [0.4, 0.5) is 17.6 Å². The standard InChI is InChI=1S/C43H51F4N5O13/c1-7-12-23(35(54)39(57)48-18-26(53)50-34(42(61)62)22-15-11-16-25(63-5)36(22)64-6)49-37(55)24-17-21(65-43(2,3)4)19-52(24)40(58)33(20-13-9-8-10-14-20)51-38(56)27-28(41(59)60)30(45)32(47)31(46)29(27)44/h11,13,15-16,21,23-24,33-34H,7-10,12,14,17-19H2,1-6H3,(H,48,57)(H,49,55)(H,50,53)(H,51,56)(H,59,60)(H,61,62)/t21-,23?,24+,33+,34?/m1/s1. The molecule has 1 aliphatic carbocycles. The van der Waals surface area contributed by atoms with E-state index in [2.05, 4.69) is 21.3 Å². The number of ketones is 1. The van der Waals surface area contributed by atoms with Gasteiger partial charge in [-0.1, -0.05) is 31.6 Å². The molecule has 0 aromatic heterocycles. The van der Waals surface area contributed by atoms with Crippen molar-refractivity contribution >= 4 is 47.3 Å². The zero-order valence-electron chi connectivity index (χ0n) is 36.4. The van der Waals surface area contributed by atoms with Gasteiger partial charge in [0.1, 0.15) is 17.6 Å². The molecule has 2 unspecified atom stereocenters. The van der Waals surface area contributed by atoms with Crippen molar-refractivity contribution < 1.29 is 80.3 Å². The summed E-state index contributed by atoms with van der Waals surface area (Å²) in [5.41, 5.74) is -4.13. The minimum absolute atomic E-state index is 0.0134. The van der Waals surface area contributed by atoms with E-state index in [9.17, 15) is 61.7 Å². The quantitative estimate of drug-likeness (QED) is 0.0390. The first-order valence-electron chi connectivity index (χ1n) is 20.5. The number of benzene rings is 2. The Labute approximate surface area is 370 Å². The number of hydrogen-bond acceptors (Lipinski definition) is 11. The number of amides is 5. The number of likely N-dealkylation sites (tertiary alicyclic amines) is 1. The lowest BCUT2D eigenvalue weighted by atomic mass is 9.92. The van der Waals surface area contributed by atoms with Crippen molar-refractivity contribution in [2.24, 2.45) is 0 Å². The first kappa shape index (κ1) is 51.1. The molecule has 6 N–H and O–H groups in total. The number of nitrogens with zero attached hydrogens (tertiary/aromatic N) is 1. The van der Waals surface area contributed by atoms with Crippen LogP contribution in [0.1, 0.15) is 105 Å². The minimum Gasteiger partial charge on any atom is -0.493 e. The summed E-state index contributed by atoms with van der Waals surface area (Å²) in [6.07, 6.45) is 2.36. The van der Waals surface area contributed by atoms with Crippen molar-refractivity contribution in [2.45, 2.75) is 109 Å². The molecule has 2 aliphatic rings. The second-order valence-corrected chi connectivity index (χ2v) is 16.2. The summed E-state index contributed by atoms with van der Waals surface area (Å²) in [7, 11) is 2.59. The summed E-state index contributed by atoms with van der Waals surface area (Å²) >= 11 is 0. The van der Waals surface area contributed by atoms with Crippen molar-refractivity contribution in [3.63, 3.8) is 0 Å². The van der Waals surface area contributed by atoms with Crippen LogP contribution >= 0.6 is 0 Å². The number of hydrogen-bond donors (Lipinski definition) is 6. The molecule has 1 fully saturated rings. The van der Waals surface area contributed by atoms with E-state index in [1.807, 2.05) is 0 Å². The normalized spacial score (nSPS) is 17.4. The van der Waals surface area contributed by atoms with Gasteiger partial charge in [0.2, 0.25) is 23.5 Å². The minimum atomic E-state index is -2.48. The molecule has 0 radical (unpaired) electrons. The van der Waals surface area contributed by atoms with Gasteiger partial charge in [0, 0.05) is 18.5 Å². The molecule has 2 aromatic carbocycles. The highest BCUT2D eigenvalue weighted by Crippen LogP contribution is 2.35. The average Bonchev–Trinajstić information content (AvgIpc) is 3.68. The van der Waals surface area contributed by atoms with Crippen LogP contribution in [0.3, 0.4) is 0 Å². The van der Waals surface area contributed by atoms with Gasteiger partial charge < -0.3 is 50.6 Å². The van der Waals surface area contributed by atoms with Gasteiger partial charge in [-0.3, -0.25) is 28.8 Å². The molecule has 0 bridgehead atoms. The molecule has 1 aliphatic heterocycles. The predicted octanol–water partition coefficient (Wildman–Crippen LogP) is 3.25. The Bertz CT molecular complexity index is 2250. The molecule has 354 valence electrons. The lowest BCUT2D eigenvalue weighted by molar-refractivity contribution is -0.143. The number of aromatic carboxylic acids is 1. The van der Waals surface area contributed by atoms with E-state index < -0.39 is 124 Å². The van der Waals surface area contributed by atoms with E-state index >= 15 is 4.39 Å². The van der Waals surface area contributed by atoms with E-state index in [0.29, 0.717) is 19.3 Å². The van der Waals surface area contributed by atoms with Gasteiger partial charge in [0.15, 0.2) is 40.8 Å². The van der Waals surface area contributed by atoms with Crippen molar-refractivity contribution in [1.29, 1.82) is 0 Å². The molecule has 2 aromatic rings. The molecule has 4 rings (SSSR count). The van der Waals surface area contributed by atoms with Crippen LogP contribution in [0.5, 0.6) is 11.5 Å². The maximum absolute atomic E-state index is 15.1. The topological polar surface area (TPSA) is 256 Å². The summed E-state index contributed by atoms with van der Waals surface area (Å²) in [5, 5.41) is 28.4. The lowest BCUT2D eigenvalue weighted by Crippen LogP contribution is -2.57. The van der Waals surface area contributed by atoms with E-state index in [1.165, 1.54) is 32.4 Å². The summed E-state index contributed by atoms with van der Waals surface area (Å²) in [4.78, 5) is 107. The van der Waals surface area contributed by atoms with Crippen molar-refractivity contribution in [2.75, 3.05) is 27.3 Å². The summed E-state index contributed by atoms with van der Waals surface area (Å²) in [5.74, 6) is -20.5. The third-order valence-electron chi connectivity index (χ3n) is 10.4. The summed E-state index contributed by atoms with van der Waals surface area (Å²) in [6.45, 7) is 5.56. The fourth-order valence-corrected chi connectivity index (χ4v) is 7.58. The molecule has 0 saturated carbocycles. The molecule has 22 heteroatoms. The number of carboxylic acid groups (broad SMARTS) is 2. The smallest absolute Gasteiger partial charge is 0.339 e. The van der Waals surface area contributed by atoms with Crippen LogP contribution in [0.2, 0.25) is 0 Å². The Hall–Kier alpha value is -6.58. The molecule has 1 heterocycles. The van der Waals surface area contributed by atoms with Crippen molar-refractivity contribution in [3.05, 3.63) is 69.8 Å². The number of nitrogens with one attached hydrogen (secondary N) is 4. The Morgan fingerprint density at radius 2 is 1.52 bits per heavy atom. The molecule has 65 heavy (non-hydrogen) atoms. The van der Waals surface area contributed by atoms with Gasteiger partial charge in [-0.25, -0.2) is 27.2 Å². The van der Waals surface area contributed by atoms with E-state index in [1.54, 1.807) is 33.8 Å². The molecular weight excluding hydrogens is 870 g/mol. The van der Waals surface area contributed by atoms with Crippen LogP contribution < -0.4 is 30.7 Å². The first-order chi connectivity index (χ1) is 30.6. The van der Waals surface area contributed by atoms with E-state index in [0.717, 1.165) is 4.90 Å². The number of aliphatic carboxylic acids is 1. The Kier molecular flexibility index (Phi) is 17.2. The SMILES string of the molecule is CCCC(NC(=O)[C@@H]1C[C@@H](OC(C)(C)C)CN1C(=O)[C@@H](NC(=O)c1c(F)c(F)c(F)c(F)c1C(=O)O)C1=CCCCC1)C(=O)C(=O)NCC(=O)NC(C(=O)O)c1cccc(OC)c1OC. The number of para-hydroxylation sites is 1. The Morgan fingerprint density at radius 3 is 2.08 bits per heavy atom. The Balaban J connectivity index is 1.59. The molecule has 0 spiro atoms. The largest absolute Gasteiger partial charge is 0.493 e. The monoisotopic (exact) mass is 921 g/mol. The number of Topliss-reactive ketones (excluding diaryl/α,β-unsaturated/α-hetero) is 1. The highest BCUT2D eigenvalue weighted by molar-refractivity contribution is 6.38. The summed E-state index contributed by atoms with van der Waals surface area (Å²) in [6, 6.07) is -2.10. The fourth-order valence-electron chi connectivity index (χ4n) is 7.58. The van der Waals surface area contributed by atoms with E-state index in [-0.39, 0.29) is 54.9 Å². The number of halogens is 4. The van der Waals surface area contributed by atoms with Crippen molar-refractivity contribution in [3.8, 4) is 11.5 Å². The molecule has 18 nitrogen and oxygen atoms in total.